The van der Waals surface area contributed by atoms with Gasteiger partial charge in [0.2, 0.25) is 0 Å². The Morgan fingerprint density at radius 1 is 0.221 bits per heavy atom. The third-order valence-electron chi connectivity index (χ3n) is 14.0. The van der Waals surface area contributed by atoms with Gasteiger partial charge in [0, 0.05) is 54.1 Å². The Hall–Kier alpha value is -7.08. The molecular formula is C56H30F26O2P2. The molecule has 8 aromatic carbocycles. The molecule has 0 heterocycles. The van der Waals surface area contributed by atoms with Crippen LogP contribution in [-0.4, -0.2) is 59.7 Å². The third-order valence-corrected chi connectivity index (χ3v) is 20.2. The summed E-state index contributed by atoms with van der Waals surface area (Å²) in [6.07, 6.45) is -15.7. The molecule has 0 radical (unpaired) electrons. The minimum absolute atomic E-state index is 0.156. The highest BCUT2D eigenvalue weighted by Gasteiger charge is 2.92. The van der Waals surface area contributed by atoms with Crippen LogP contribution in [0.3, 0.4) is 0 Å². The maximum absolute atomic E-state index is 16.8. The smallest absolute Gasteiger partial charge is 0.309 e. The Morgan fingerprint density at radius 2 is 0.453 bits per heavy atom. The number of hydrogen-bond acceptors (Lipinski definition) is 2. The molecule has 0 aromatic heterocycles. The van der Waals surface area contributed by atoms with Crippen LogP contribution in [0.25, 0.3) is 32.7 Å². The predicted octanol–water partition coefficient (Wildman–Crippen LogP) is 17.3. The lowest BCUT2D eigenvalue weighted by Crippen LogP contribution is -2.69. The quantitative estimate of drug-likeness (QED) is 0.0673. The van der Waals surface area contributed by atoms with Crippen molar-refractivity contribution in [3.63, 3.8) is 0 Å². The number of benzene rings is 8. The van der Waals surface area contributed by atoms with E-state index >= 15 is 61.8 Å². The second kappa shape index (κ2) is 20.8. The zero-order valence-corrected chi connectivity index (χ0v) is 43.6. The van der Waals surface area contributed by atoms with Crippen molar-refractivity contribution < 1.29 is 123 Å². The van der Waals surface area contributed by atoms with Crippen molar-refractivity contribution in [3.05, 3.63) is 193 Å². The van der Waals surface area contributed by atoms with Crippen molar-refractivity contribution in [3.8, 4) is 11.1 Å². The summed E-state index contributed by atoms with van der Waals surface area (Å²) in [5, 5.41) is -9.54. The van der Waals surface area contributed by atoms with Gasteiger partial charge in [-0.2, -0.15) is 114 Å². The van der Waals surface area contributed by atoms with Gasteiger partial charge in [0.15, 0.2) is 14.3 Å². The lowest BCUT2D eigenvalue weighted by atomic mass is 9.85. The summed E-state index contributed by atoms with van der Waals surface area (Å²) in [6.45, 7) is 0. The van der Waals surface area contributed by atoms with Crippen LogP contribution in [0.1, 0.15) is 11.1 Å². The van der Waals surface area contributed by atoms with Gasteiger partial charge in [-0.1, -0.05) is 170 Å². The Morgan fingerprint density at radius 3 is 0.686 bits per heavy atom. The van der Waals surface area contributed by atoms with Crippen molar-refractivity contribution in [1.82, 2.24) is 0 Å². The van der Waals surface area contributed by atoms with Gasteiger partial charge in [-0.25, -0.2) is 0 Å². The summed E-state index contributed by atoms with van der Waals surface area (Å²) in [5.74, 6) is -80.6. The highest BCUT2D eigenvalue weighted by Crippen LogP contribution is 2.65. The molecule has 0 N–H and O–H groups in total. The first-order chi connectivity index (χ1) is 39.3. The van der Waals surface area contributed by atoms with E-state index in [1.807, 2.05) is 0 Å². The average molecular weight is 1290 g/mol. The molecule has 0 aliphatic carbocycles. The van der Waals surface area contributed by atoms with Gasteiger partial charge in [-0.05, 0) is 33.7 Å². The monoisotopic (exact) mass is 1290 g/mol. The molecule has 0 unspecified atom stereocenters. The van der Waals surface area contributed by atoms with Gasteiger partial charge in [0.1, 0.15) is 0 Å². The molecule has 458 valence electrons. The molecule has 0 aliphatic rings. The second-order valence-electron chi connectivity index (χ2n) is 19.0. The molecule has 0 atom stereocenters. The maximum atomic E-state index is 16.8. The molecule has 86 heavy (non-hydrogen) atoms. The Kier molecular flexibility index (Phi) is 15.7. The summed E-state index contributed by atoms with van der Waals surface area (Å²) in [5.41, 5.74) is -7.92. The molecule has 0 aliphatic heterocycles. The lowest BCUT2D eigenvalue weighted by Gasteiger charge is -2.40. The number of fused-ring (bicyclic) bond motifs is 2. The van der Waals surface area contributed by atoms with E-state index in [4.69, 9.17) is 0 Å². The zero-order valence-electron chi connectivity index (χ0n) is 41.9. The van der Waals surface area contributed by atoms with E-state index in [-0.39, 0.29) is 57.6 Å². The summed E-state index contributed by atoms with van der Waals surface area (Å²) in [7, 11) is -10.3. The van der Waals surface area contributed by atoms with Crippen molar-refractivity contribution >= 4 is 67.7 Å². The maximum Gasteiger partial charge on any atom is 0.460 e. The normalized spacial score (nSPS) is 14.5. The Bertz CT molecular complexity index is 3600. The minimum atomic E-state index is -8.45. The van der Waals surface area contributed by atoms with Gasteiger partial charge in [-0.15, -0.1) is 0 Å². The molecule has 0 fully saturated rings. The number of hydrogen-bond donors (Lipinski definition) is 0. The van der Waals surface area contributed by atoms with Crippen LogP contribution in [0.2, 0.25) is 0 Å². The fraction of sp³-hybridized carbons (Fsp3) is 0.214. The summed E-state index contributed by atoms with van der Waals surface area (Å²) in [4.78, 5) is 0. The first kappa shape index (κ1) is 64.9. The van der Waals surface area contributed by atoms with E-state index in [0.29, 0.717) is 24.3 Å². The van der Waals surface area contributed by atoms with Gasteiger partial charge in [0.25, 0.3) is 0 Å². The van der Waals surface area contributed by atoms with Gasteiger partial charge < -0.3 is 9.13 Å². The first-order valence-corrected chi connectivity index (χ1v) is 27.2. The van der Waals surface area contributed by atoms with Gasteiger partial charge >= 0.3 is 71.6 Å². The lowest BCUT2D eigenvalue weighted by molar-refractivity contribution is -0.441. The van der Waals surface area contributed by atoms with E-state index in [2.05, 4.69) is 0 Å². The molecule has 30 heteroatoms. The molecular weight excluding hydrogens is 1260 g/mol. The van der Waals surface area contributed by atoms with Crippen molar-refractivity contribution in [1.29, 1.82) is 0 Å². The molecule has 8 rings (SSSR count). The van der Waals surface area contributed by atoms with Crippen LogP contribution in [0, 0.1) is 0 Å². The van der Waals surface area contributed by atoms with E-state index in [1.54, 1.807) is 0 Å². The minimum Gasteiger partial charge on any atom is -0.309 e. The number of rotatable bonds is 17. The zero-order chi connectivity index (χ0) is 64.3. The van der Waals surface area contributed by atoms with Crippen LogP contribution in [0.4, 0.5) is 114 Å². The van der Waals surface area contributed by atoms with Crippen LogP contribution in [0.15, 0.2) is 182 Å². The Labute approximate surface area is 465 Å². The van der Waals surface area contributed by atoms with Crippen LogP contribution in [-0.2, 0) is 21.0 Å². The highest BCUT2D eigenvalue weighted by atomic mass is 31.2. The molecule has 0 bridgehead atoms. The summed E-state index contributed by atoms with van der Waals surface area (Å²) in [6, 6.07) is 25.4. The van der Waals surface area contributed by atoms with Crippen molar-refractivity contribution in [2.45, 2.75) is 71.6 Å². The largest absolute Gasteiger partial charge is 0.460 e. The van der Waals surface area contributed by atoms with Crippen molar-refractivity contribution in [2.24, 2.45) is 0 Å². The topological polar surface area (TPSA) is 34.1 Å². The molecule has 0 spiro atoms. The molecule has 2 nitrogen and oxygen atoms in total. The molecule has 8 aromatic rings. The van der Waals surface area contributed by atoms with E-state index in [0.717, 1.165) is 48.5 Å². The standard InChI is InChI=1S/C56H30F26O2P2/c57-45(58,47(61,62)49(65,66)51(69,70)53(73,74)55(77,78)79)39-25-13-23-37-35(39)27-29-41(85(83,31-15-5-1-6-16-31)32-17-7-2-8-18-32)43(37)44-38-24-14-26-40(46(59,60)48(63,64)50(67,68)52(71,72)54(75,76)56(80,81)82)36(38)28-30-42(44)86(84,33-19-9-3-10-20-33)34-21-11-4-12-22-34/h1-30H. The van der Waals surface area contributed by atoms with E-state index in [1.165, 1.54) is 72.8 Å². The average Bonchev–Trinajstić information content (AvgIpc) is 0.849. The molecule has 0 amide bonds. The van der Waals surface area contributed by atoms with Crippen LogP contribution >= 0.6 is 14.3 Å². The fourth-order valence-electron chi connectivity index (χ4n) is 9.57. The molecule has 0 saturated carbocycles. The number of halogens is 26. The Balaban J connectivity index is 1.62. The van der Waals surface area contributed by atoms with E-state index < -0.39 is 140 Å². The molecule has 0 saturated heterocycles. The number of alkyl halides is 26. The van der Waals surface area contributed by atoms with E-state index in [9.17, 15) is 61.5 Å². The third kappa shape index (κ3) is 9.08. The SMILES string of the molecule is O=P(c1ccccc1)(c1ccccc1)c1ccc2c(C(F)(F)C(F)(F)C(F)(F)C(F)(F)C(F)(F)C(F)(F)F)cccc2c1-c1c(P(=O)(c2ccccc2)c2ccccc2)ccc2c(C(F)(F)C(F)(F)C(F)(F)C(F)(F)C(F)(F)C(F)(F)F)cccc12. The van der Waals surface area contributed by atoms with Gasteiger partial charge in [-0.3, -0.25) is 0 Å². The second-order valence-corrected chi connectivity index (χ2v) is 24.5. The predicted molar refractivity (Wildman–Crippen MR) is 265 cm³/mol. The summed E-state index contributed by atoms with van der Waals surface area (Å²) >= 11 is 0. The van der Waals surface area contributed by atoms with Crippen LogP contribution < -0.4 is 31.8 Å². The first-order valence-electron chi connectivity index (χ1n) is 23.8. The highest BCUT2D eigenvalue weighted by molar-refractivity contribution is 7.86. The fourth-order valence-corrected chi connectivity index (χ4v) is 15.3. The summed E-state index contributed by atoms with van der Waals surface area (Å²) < 4.78 is 421. The van der Waals surface area contributed by atoms with Gasteiger partial charge in [0.05, 0.1) is 0 Å². The van der Waals surface area contributed by atoms with Crippen LogP contribution in [0.5, 0.6) is 0 Å². The van der Waals surface area contributed by atoms with Crippen molar-refractivity contribution in [2.75, 3.05) is 0 Å².